The summed E-state index contributed by atoms with van der Waals surface area (Å²) in [6.07, 6.45) is 1.83. The van der Waals surface area contributed by atoms with Crippen molar-refractivity contribution in [2.24, 2.45) is 0 Å². The Balaban J connectivity index is 0.00000200. The van der Waals surface area contributed by atoms with Crippen LogP contribution in [0.1, 0.15) is 23.2 Å². The number of nitrogens with one attached hydrogen (secondary N) is 1. The van der Waals surface area contributed by atoms with Gasteiger partial charge in [-0.15, -0.1) is 12.4 Å². The van der Waals surface area contributed by atoms with Crippen molar-refractivity contribution >= 4 is 24.0 Å². The molecule has 0 atom stereocenters. The Labute approximate surface area is 123 Å². The second-order valence-corrected chi connectivity index (χ2v) is 4.66. The summed E-state index contributed by atoms with van der Waals surface area (Å²) in [6, 6.07) is 6.36. The van der Waals surface area contributed by atoms with Crippen LogP contribution in [0.15, 0.2) is 24.3 Å². The standard InChI is InChI=1S/C13H17N3O3.ClH/c1-14-11-5-7-15(8-6-11)13(17)10-3-2-4-12(9-10)16(18)19;/h2-4,9,11,14H,5-8H2,1H3;1H. The molecule has 0 aliphatic carbocycles. The highest BCUT2D eigenvalue weighted by Crippen LogP contribution is 2.17. The third-order valence-electron chi connectivity index (χ3n) is 3.49. The van der Waals surface area contributed by atoms with Gasteiger partial charge in [0.2, 0.25) is 0 Å². The fourth-order valence-electron chi connectivity index (χ4n) is 2.31. The molecule has 1 amide bonds. The fourth-order valence-corrected chi connectivity index (χ4v) is 2.31. The summed E-state index contributed by atoms with van der Waals surface area (Å²) in [4.78, 5) is 24.2. The number of carbonyl (C=O) groups excluding carboxylic acids is 1. The highest BCUT2D eigenvalue weighted by Gasteiger charge is 2.23. The van der Waals surface area contributed by atoms with Gasteiger partial charge in [-0.25, -0.2) is 0 Å². The van der Waals surface area contributed by atoms with Crippen LogP contribution in [0.3, 0.4) is 0 Å². The lowest BCUT2D eigenvalue weighted by Gasteiger charge is -2.31. The van der Waals surface area contributed by atoms with E-state index in [1.807, 2.05) is 7.05 Å². The molecule has 0 bridgehead atoms. The third-order valence-corrected chi connectivity index (χ3v) is 3.49. The minimum atomic E-state index is -0.482. The summed E-state index contributed by atoms with van der Waals surface area (Å²) < 4.78 is 0. The Morgan fingerprint density at radius 1 is 1.40 bits per heavy atom. The molecular weight excluding hydrogens is 282 g/mol. The first-order valence-corrected chi connectivity index (χ1v) is 6.33. The summed E-state index contributed by atoms with van der Waals surface area (Å²) in [5.41, 5.74) is 0.341. The number of halogens is 1. The first-order chi connectivity index (χ1) is 9.11. The summed E-state index contributed by atoms with van der Waals surface area (Å²) in [7, 11) is 1.92. The van der Waals surface area contributed by atoms with Crippen molar-refractivity contribution in [2.45, 2.75) is 18.9 Å². The van der Waals surface area contributed by atoms with Crippen LogP contribution in [-0.4, -0.2) is 41.9 Å². The molecule has 1 aromatic rings. The smallest absolute Gasteiger partial charge is 0.270 e. The largest absolute Gasteiger partial charge is 0.339 e. The molecule has 20 heavy (non-hydrogen) atoms. The van der Waals surface area contributed by atoms with E-state index in [9.17, 15) is 14.9 Å². The number of benzene rings is 1. The van der Waals surface area contributed by atoms with Crippen LogP contribution in [0.4, 0.5) is 5.69 Å². The number of rotatable bonds is 3. The monoisotopic (exact) mass is 299 g/mol. The van der Waals surface area contributed by atoms with Crippen LogP contribution >= 0.6 is 12.4 Å². The number of carbonyl (C=O) groups is 1. The first-order valence-electron chi connectivity index (χ1n) is 6.33. The van der Waals surface area contributed by atoms with Crippen LogP contribution in [-0.2, 0) is 0 Å². The van der Waals surface area contributed by atoms with E-state index in [0.29, 0.717) is 24.7 Å². The molecule has 6 nitrogen and oxygen atoms in total. The van der Waals surface area contributed by atoms with E-state index in [-0.39, 0.29) is 24.0 Å². The maximum atomic E-state index is 12.3. The number of nitrogens with zero attached hydrogens (tertiary/aromatic N) is 2. The molecule has 1 N–H and O–H groups in total. The zero-order chi connectivity index (χ0) is 13.8. The molecule has 1 aliphatic rings. The number of hydrogen-bond donors (Lipinski definition) is 1. The van der Waals surface area contributed by atoms with Gasteiger partial charge in [0.05, 0.1) is 4.92 Å². The van der Waals surface area contributed by atoms with Crippen molar-refractivity contribution in [1.29, 1.82) is 0 Å². The number of hydrogen-bond acceptors (Lipinski definition) is 4. The Morgan fingerprint density at radius 3 is 2.60 bits per heavy atom. The van der Waals surface area contributed by atoms with E-state index < -0.39 is 4.92 Å². The molecule has 0 saturated carbocycles. The Hall–Kier alpha value is -1.66. The topological polar surface area (TPSA) is 75.5 Å². The van der Waals surface area contributed by atoms with Crippen LogP contribution in [0.2, 0.25) is 0 Å². The molecule has 0 radical (unpaired) electrons. The Bertz CT molecular complexity index is 488. The number of nitro benzene ring substituents is 1. The van der Waals surface area contributed by atoms with Crippen molar-refractivity contribution in [2.75, 3.05) is 20.1 Å². The normalized spacial score (nSPS) is 15.6. The number of piperidine rings is 1. The van der Waals surface area contributed by atoms with Gasteiger partial charge in [0.25, 0.3) is 11.6 Å². The third kappa shape index (κ3) is 3.68. The second-order valence-electron chi connectivity index (χ2n) is 4.66. The number of amides is 1. The fraction of sp³-hybridized carbons (Fsp3) is 0.462. The zero-order valence-corrected chi connectivity index (χ0v) is 12.1. The van der Waals surface area contributed by atoms with Crippen molar-refractivity contribution in [3.63, 3.8) is 0 Å². The molecule has 0 spiro atoms. The van der Waals surface area contributed by atoms with Gasteiger partial charge >= 0.3 is 0 Å². The molecule has 0 aromatic heterocycles. The van der Waals surface area contributed by atoms with Crippen molar-refractivity contribution in [3.8, 4) is 0 Å². The molecule has 1 saturated heterocycles. The Morgan fingerprint density at radius 2 is 2.05 bits per heavy atom. The molecular formula is C13H18ClN3O3. The lowest BCUT2D eigenvalue weighted by molar-refractivity contribution is -0.384. The summed E-state index contributed by atoms with van der Waals surface area (Å²) in [5.74, 6) is -0.127. The van der Waals surface area contributed by atoms with Gasteiger partial charge in [0, 0.05) is 36.8 Å². The van der Waals surface area contributed by atoms with Crippen molar-refractivity contribution in [1.82, 2.24) is 10.2 Å². The molecule has 1 aromatic carbocycles. The van der Waals surface area contributed by atoms with E-state index in [4.69, 9.17) is 0 Å². The number of likely N-dealkylation sites (tertiary alicyclic amines) is 1. The molecule has 1 aliphatic heterocycles. The van der Waals surface area contributed by atoms with Crippen molar-refractivity contribution in [3.05, 3.63) is 39.9 Å². The van der Waals surface area contributed by atoms with Crippen LogP contribution in [0.5, 0.6) is 0 Å². The molecule has 0 unspecified atom stereocenters. The lowest BCUT2D eigenvalue weighted by atomic mass is 10.0. The van der Waals surface area contributed by atoms with Crippen LogP contribution in [0, 0.1) is 10.1 Å². The first kappa shape index (κ1) is 16.4. The molecule has 1 heterocycles. The van der Waals surface area contributed by atoms with E-state index in [1.165, 1.54) is 12.1 Å². The van der Waals surface area contributed by atoms with E-state index in [2.05, 4.69) is 5.32 Å². The Kier molecular flexibility index (Phi) is 5.91. The van der Waals surface area contributed by atoms with Gasteiger partial charge in [0.1, 0.15) is 0 Å². The number of non-ortho nitro benzene ring substituents is 1. The van der Waals surface area contributed by atoms with Crippen molar-refractivity contribution < 1.29 is 9.72 Å². The van der Waals surface area contributed by atoms with E-state index in [1.54, 1.807) is 17.0 Å². The maximum absolute atomic E-state index is 12.3. The van der Waals surface area contributed by atoms with E-state index >= 15 is 0 Å². The van der Waals surface area contributed by atoms with Gasteiger partial charge in [-0.2, -0.15) is 0 Å². The average molecular weight is 300 g/mol. The maximum Gasteiger partial charge on any atom is 0.270 e. The predicted octanol–water partition coefficient (Wildman–Crippen LogP) is 1.84. The summed E-state index contributed by atoms with van der Waals surface area (Å²) in [6.45, 7) is 1.38. The number of nitro groups is 1. The highest BCUT2D eigenvalue weighted by molar-refractivity contribution is 5.94. The molecule has 7 heteroatoms. The van der Waals surface area contributed by atoms with Gasteiger partial charge < -0.3 is 10.2 Å². The SMILES string of the molecule is CNC1CCN(C(=O)c2cccc([N+](=O)[O-])c2)CC1.Cl. The molecule has 2 rings (SSSR count). The van der Waals surface area contributed by atoms with Gasteiger partial charge in [0.15, 0.2) is 0 Å². The lowest BCUT2D eigenvalue weighted by Crippen LogP contribution is -2.43. The van der Waals surface area contributed by atoms with Gasteiger partial charge in [-0.05, 0) is 26.0 Å². The summed E-state index contributed by atoms with van der Waals surface area (Å²) >= 11 is 0. The van der Waals surface area contributed by atoms with E-state index in [0.717, 1.165) is 12.8 Å². The highest BCUT2D eigenvalue weighted by atomic mass is 35.5. The summed E-state index contributed by atoms with van der Waals surface area (Å²) in [5, 5.41) is 13.9. The molecule has 110 valence electrons. The minimum Gasteiger partial charge on any atom is -0.339 e. The van der Waals surface area contributed by atoms with Gasteiger partial charge in [-0.1, -0.05) is 6.07 Å². The second kappa shape index (κ2) is 7.21. The quantitative estimate of drug-likeness (QED) is 0.682. The zero-order valence-electron chi connectivity index (χ0n) is 11.2. The van der Waals surface area contributed by atoms with Gasteiger partial charge in [-0.3, -0.25) is 14.9 Å². The average Bonchev–Trinajstić information content (AvgIpc) is 2.46. The predicted molar refractivity (Wildman–Crippen MR) is 78.3 cm³/mol. The van der Waals surface area contributed by atoms with Crippen LogP contribution < -0.4 is 5.32 Å². The minimum absolute atomic E-state index is 0. The van der Waals surface area contributed by atoms with Crippen LogP contribution in [0.25, 0.3) is 0 Å². The molecule has 1 fully saturated rings.